The molecule has 1 aromatic heterocycles. The molecule has 1 N–H and O–H groups in total. The van der Waals surface area contributed by atoms with E-state index in [1.165, 1.54) is 11.1 Å². The van der Waals surface area contributed by atoms with E-state index in [0.29, 0.717) is 19.4 Å². The average molecular weight is 342 g/mol. The summed E-state index contributed by atoms with van der Waals surface area (Å²) in [6.07, 6.45) is 2.71. The van der Waals surface area contributed by atoms with Gasteiger partial charge < -0.3 is 14.5 Å². The lowest BCUT2D eigenvalue weighted by Crippen LogP contribution is -2.43. The van der Waals surface area contributed by atoms with E-state index in [4.69, 9.17) is 9.15 Å². The lowest BCUT2D eigenvalue weighted by atomic mass is 10.0. The van der Waals surface area contributed by atoms with Gasteiger partial charge in [-0.2, -0.15) is 0 Å². The van der Waals surface area contributed by atoms with Gasteiger partial charge in [0.15, 0.2) is 0 Å². The summed E-state index contributed by atoms with van der Waals surface area (Å²) >= 11 is 0. The number of nitrogens with zero attached hydrogens (tertiary/aromatic N) is 1. The molecule has 2 aromatic rings. The van der Waals surface area contributed by atoms with Crippen LogP contribution in [0.3, 0.4) is 0 Å². The minimum Gasteiger partial charge on any atom is -0.469 e. The maximum absolute atomic E-state index is 12.2. The molecular formula is C20H26N2O3. The topological polar surface area (TPSA) is 54.7 Å². The molecule has 1 aliphatic heterocycles. The van der Waals surface area contributed by atoms with E-state index in [1.54, 1.807) is 6.26 Å². The summed E-state index contributed by atoms with van der Waals surface area (Å²) in [4.78, 5) is 14.6. The fraction of sp³-hybridized carbons (Fsp3) is 0.450. The average Bonchev–Trinajstić information content (AvgIpc) is 3.16. The molecule has 0 bridgehead atoms. The molecule has 3 rings (SSSR count). The number of carbonyl (C=O) groups excluding carboxylic acids is 1. The van der Waals surface area contributed by atoms with Crippen molar-refractivity contribution in [2.45, 2.75) is 25.8 Å². The number of furan rings is 1. The molecule has 5 nitrogen and oxygen atoms in total. The van der Waals surface area contributed by atoms with Crippen LogP contribution in [0.4, 0.5) is 0 Å². The molecule has 1 aromatic carbocycles. The monoisotopic (exact) mass is 342 g/mol. The van der Waals surface area contributed by atoms with E-state index in [0.717, 1.165) is 32.1 Å². The third kappa shape index (κ3) is 5.18. The van der Waals surface area contributed by atoms with Gasteiger partial charge in [0, 0.05) is 32.5 Å². The maximum atomic E-state index is 12.2. The van der Waals surface area contributed by atoms with Gasteiger partial charge in [-0.25, -0.2) is 0 Å². The van der Waals surface area contributed by atoms with E-state index < -0.39 is 0 Å². The zero-order valence-electron chi connectivity index (χ0n) is 14.7. The lowest BCUT2D eigenvalue weighted by molar-refractivity contribution is -0.121. The van der Waals surface area contributed by atoms with Crippen LogP contribution in [0.25, 0.3) is 0 Å². The van der Waals surface area contributed by atoms with E-state index in [-0.39, 0.29) is 11.9 Å². The van der Waals surface area contributed by atoms with Crippen LogP contribution >= 0.6 is 0 Å². The number of ether oxygens (including phenoxy) is 1. The van der Waals surface area contributed by atoms with Crippen molar-refractivity contribution in [3.05, 3.63) is 59.5 Å². The van der Waals surface area contributed by atoms with Crippen molar-refractivity contribution < 1.29 is 13.9 Å². The number of rotatable bonds is 7. The molecule has 0 saturated carbocycles. The molecular weight excluding hydrogens is 316 g/mol. The molecule has 1 saturated heterocycles. The number of amides is 1. The van der Waals surface area contributed by atoms with Crippen LogP contribution in [0.1, 0.15) is 29.3 Å². The number of aryl methyl sites for hydroxylation is 2. The smallest absolute Gasteiger partial charge is 0.220 e. The largest absolute Gasteiger partial charge is 0.469 e. The van der Waals surface area contributed by atoms with Gasteiger partial charge in [0.1, 0.15) is 5.76 Å². The first kappa shape index (κ1) is 17.7. The standard InChI is InChI=1S/C20H26N2O3/c1-16-4-6-17(7-5-16)19(22-10-13-24-14-11-22)15-21-20(23)9-8-18-3-2-12-25-18/h2-7,12,19H,8-11,13-15H2,1H3,(H,21,23). The Balaban J connectivity index is 1.58. The van der Waals surface area contributed by atoms with E-state index >= 15 is 0 Å². The van der Waals surface area contributed by atoms with Crippen LogP contribution in [0.15, 0.2) is 47.1 Å². The number of benzene rings is 1. The molecule has 2 heterocycles. The Labute approximate surface area is 149 Å². The summed E-state index contributed by atoms with van der Waals surface area (Å²) in [5.74, 6) is 0.903. The molecule has 0 aliphatic carbocycles. The van der Waals surface area contributed by atoms with Gasteiger partial charge in [-0.15, -0.1) is 0 Å². The highest BCUT2D eigenvalue weighted by Crippen LogP contribution is 2.22. The first-order chi connectivity index (χ1) is 12.2. The van der Waals surface area contributed by atoms with Gasteiger partial charge >= 0.3 is 0 Å². The van der Waals surface area contributed by atoms with Crippen LogP contribution < -0.4 is 5.32 Å². The summed E-state index contributed by atoms with van der Waals surface area (Å²) in [7, 11) is 0. The highest BCUT2D eigenvalue weighted by molar-refractivity contribution is 5.76. The molecule has 1 atom stereocenters. The predicted octanol–water partition coefficient (Wildman–Crippen LogP) is 2.71. The summed E-state index contributed by atoms with van der Waals surface area (Å²) in [5, 5.41) is 3.09. The Morgan fingerprint density at radius 2 is 1.96 bits per heavy atom. The number of carbonyl (C=O) groups is 1. The van der Waals surface area contributed by atoms with Gasteiger partial charge in [-0.3, -0.25) is 9.69 Å². The molecule has 0 spiro atoms. The van der Waals surface area contributed by atoms with Gasteiger partial charge in [-0.05, 0) is 24.6 Å². The highest BCUT2D eigenvalue weighted by Gasteiger charge is 2.23. The molecule has 0 radical (unpaired) electrons. The van der Waals surface area contributed by atoms with Crippen molar-refractivity contribution in [2.24, 2.45) is 0 Å². The third-order valence-corrected chi connectivity index (χ3v) is 4.62. The Kier molecular flexibility index (Phi) is 6.25. The number of nitrogens with one attached hydrogen (secondary N) is 1. The van der Waals surface area contributed by atoms with E-state index in [9.17, 15) is 4.79 Å². The Morgan fingerprint density at radius 1 is 1.20 bits per heavy atom. The summed E-state index contributed by atoms with van der Waals surface area (Å²) in [5.41, 5.74) is 2.48. The minimum absolute atomic E-state index is 0.0572. The molecule has 1 fully saturated rings. The Morgan fingerprint density at radius 3 is 2.64 bits per heavy atom. The quantitative estimate of drug-likeness (QED) is 0.841. The summed E-state index contributed by atoms with van der Waals surface area (Å²) in [6.45, 7) is 5.97. The molecule has 1 amide bonds. The second-order valence-corrected chi connectivity index (χ2v) is 6.46. The summed E-state index contributed by atoms with van der Waals surface area (Å²) < 4.78 is 10.8. The van der Waals surface area contributed by atoms with Crippen LogP contribution in [0.2, 0.25) is 0 Å². The van der Waals surface area contributed by atoms with E-state index in [2.05, 4.69) is 41.4 Å². The third-order valence-electron chi connectivity index (χ3n) is 4.62. The molecule has 1 unspecified atom stereocenters. The van der Waals surface area contributed by atoms with Crippen molar-refractivity contribution in [1.82, 2.24) is 10.2 Å². The molecule has 5 heteroatoms. The second kappa shape index (κ2) is 8.83. The molecule has 134 valence electrons. The van der Waals surface area contributed by atoms with Crippen LogP contribution in [0.5, 0.6) is 0 Å². The van der Waals surface area contributed by atoms with Gasteiger partial charge in [0.2, 0.25) is 5.91 Å². The van der Waals surface area contributed by atoms with Crippen molar-refractivity contribution >= 4 is 5.91 Å². The fourth-order valence-corrected chi connectivity index (χ4v) is 3.13. The first-order valence-corrected chi connectivity index (χ1v) is 8.90. The van der Waals surface area contributed by atoms with Crippen molar-refractivity contribution in [2.75, 3.05) is 32.8 Å². The molecule has 1 aliphatic rings. The lowest BCUT2D eigenvalue weighted by Gasteiger charge is -2.35. The Bertz CT molecular complexity index is 646. The predicted molar refractivity (Wildman–Crippen MR) is 96.4 cm³/mol. The van der Waals surface area contributed by atoms with Crippen molar-refractivity contribution in [3.8, 4) is 0 Å². The van der Waals surface area contributed by atoms with Gasteiger partial charge in [0.25, 0.3) is 0 Å². The SMILES string of the molecule is Cc1ccc(C(CNC(=O)CCc2ccco2)N2CCOCC2)cc1. The zero-order valence-corrected chi connectivity index (χ0v) is 14.7. The maximum Gasteiger partial charge on any atom is 0.220 e. The van der Waals surface area contributed by atoms with Crippen LogP contribution in [-0.2, 0) is 16.0 Å². The number of hydrogen-bond donors (Lipinski definition) is 1. The number of morpholine rings is 1. The van der Waals surface area contributed by atoms with Gasteiger partial charge in [0.05, 0.1) is 25.5 Å². The molecule has 25 heavy (non-hydrogen) atoms. The van der Waals surface area contributed by atoms with Crippen molar-refractivity contribution in [3.63, 3.8) is 0 Å². The number of hydrogen-bond acceptors (Lipinski definition) is 4. The Hall–Kier alpha value is -2.11. The fourth-order valence-electron chi connectivity index (χ4n) is 3.13. The van der Waals surface area contributed by atoms with Crippen LogP contribution in [-0.4, -0.2) is 43.7 Å². The summed E-state index contributed by atoms with van der Waals surface area (Å²) in [6, 6.07) is 12.5. The van der Waals surface area contributed by atoms with Crippen LogP contribution in [0, 0.1) is 6.92 Å². The zero-order chi connectivity index (χ0) is 17.5. The first-order valence-electron chi connectivity index (χ1n) is 8.90. The second-order valence-electron chi connectivity index (χ2n) is 6.46. The normalized spacial score (nSPS) is 16.5. The minimum atomic E-state index is 0.0572. The van der Waals surface area contributed by atoms with E-state index in [1.807, 2.05) is 12.1 Å². The van der Waals surface area contributed by atoms with Crippen molar-refractivity contribution in [1.29, 1.82) is 0 Å². The highest BCUT2D eigenvalue weighted by atomic mass is 16.5. The van der Waals surface area contributed by atoms with Gasteiger partial charge in [-0.1, -0.05) is 29.8 Å².